The molecule has 0 aromatic rings. The lowest BCUT2D eigenvalue weighted by Gasteiger charge is -2.26. The number of likely N-dealkylation sites (tertiary alicyclic amines) is 1. The monoisotopic (exact) mass is 254 g/mol. The summed E-state index contributed by atoms with van der Waals surface area (Å²) in [7, 11) is 2.19. The molecule has 2 rings (SSSR count). The molecule has 0 bridgehead atoms. The standard InChI is InChI=1S/C14H26N2O2/c1-16-7-6-12(10-16)9-15-8-11-2-4-13(5-3-11)14(17)18/h11-13,15H,2-10H2,1H3,(H,17,18). The van der Waals surface area contributed by atoms with Crippen LogP contribution in [0, 0.1) is 17.8 Å². The topological polar surface area (TPSA) is 52.6 Å². The van der Waals surface area contributed by atoms with Crippen LogP contribution in [-0.4, -0.2) is 49.2 Å². The van der Waals surface area contributed by atoms with E-state index in [9.17, 15) is 4.79 Å². The van der Waals surface area contributed by atoms with E-state index in [-0.39, 0.29) is 5.92 Å². The molecule has 0 amide bonds. The van der Waals surface area contributed by atoms with Gasteiger partial charge in [0.25, 0.3) is 0 Å². The number of hydrogen-bond donors (Lipinski definition) is 2. The van der Waals surface area contributed by atoms with Gasteiger partial charge in [0.15, 0.2) is 0 Å². The lowest BCUT2D eigenvalue weighted by Crippen LogP contribution is -2.32. The van der Waals surface area contributed by atoms with Gasteiger partial charge >= 0.3 is 5.97 Å². The molecular formula is C14H26N2O2. The number of carbonyl (C=O) groups is 1. The maximum Gasteiger partial charge on any atom is 0.306 e. The molecule has 1 saturated carbocycles. The molecule has 4 nitrogen and oxygen atoms in total. The van der Waals surface area contributed by atoms with Gasteiger partial charge in [-0.25, -0.2) is 0 Å². The highest BCUT2D eigenvalue weighted by atomic mass is 16.4. The predicted octanol–water partition coefficient (Wildman–Crippen LogP) is 1.42. The van der Waals surface area contributed by atoms with Crippen LogP contribution in [0.1, 0.15) is 32.1 Å². The molecule has 2 N–H and O–H groups in total. The van der Waals surface area contributed by atoms with Crippen LogP contribution in [0.4, 0.5) is 0 Å². The van der Waals surface area contributed by atoms with Crippen LogP contribution < -0.4 is 5.32 Å². The first-order chi connectivity index (χ1) is 8.65. The summed E-state index contributed by atoms with van der Waals surface area (Å²) in [4.78, 5) is 13.3. The van der Waals surface area contributed by atoms with E-state index in [0.717, 1.165) is 44.7 Å². The minimum atomic E-state index is -0.601. The number of aliphatic carboxylic acids is 1. The smallest absolute Gasteiger partial charge is 0.306 e. The summed E-state index contributed by atoms with van der Waals surface area (Å²) in [5, 5.41) is 12.5. The minimum absolute atomic E-state index is 0.0790. The maximum atomic E-state index is 10.9. The fourth-order valence-electron chi connectivity index (χ4n) is 3.30. The van der Waals surface area contributed by atoms with E-state index in [0.29, 0.717) is 5.92 Å². The van der Waals surface area contributed by atoms with Gasteiger partial charge in [-0.3, -0.25) is 4.79 Å². The zero-order chi connectivity index (χ0) is 13.0. The van der Waals surface area contributed by atoms with Crippen molar-refractivity contribution in [1.82, 2.24) is 10.2 Å². The fraction of sp³-hybridized carbons (Fsp3) is 0.929. The Morgan fingerprint density at radius 2 is 1.83 bits per heavy atom. The SMILES string of the molecule is CN1CCC(CNCC2CCC(C(=O)O)CC2)C1. The Labute approximate surface area is 110 Å². The van der Waals surface area contributed by atoms with Crippen molar-refractivity contribution in [1.29, 1.82) is 0 Å². The van der Waals surface area contributed by atoms with Gasteiger partial charge < -0.3 is 15.3 Å². The molecule has 0 radical (unpaired) electrons. The van der Waals surface area contributed by atoms with E-state index in [2.05, 4.69) is 17.3 Å². The van der Waals surface area contributed by atoms with E-state index in [1.54, 1.807) is 0 Å². The van der Waals surface area contributed by atoms with Gasteiger partial charge in [0.2, 0.25) is 0 Å². The minimum Gasteiger partial charge on any atom is -0.481 e. The van der Waals surface area contributed by atoms with Gasteiger partial charge in [0.05, 0.1) is 5.92 Å². The van der Waals surface area contributed by atoms with Crippen molar-refractivity contribution in [3.05, 3.63) is 0 Å². The zero-order valence-electron chi connectivity index (χ0n) is 11.4. The Morgan fingerprint density at radius 1 is 1.17 bits per heavy atom. The lowest BCUT2D eigenvalue weighted by molar-refractivity contribution is -0.143. The quantitative estimate of drug-likeness (QED) is 0.779. The Balaban J connectivity index is 1.57. The molecule has 2 aliphatic rings. The zero-order valence-corrected chi connectivity index (χ0v) is 11.4. The van der Waals surface area contributed by atoms with Gasteiger partial charge in [0.1, 0.15) is 0 Å². The fourth-order valence-corrected chi connectivity index (χ4v) is 3.30. The third-order valence-corrected chi connectivity index (χ3v) is 4.55. The van der Waals surface area contributed by atoms with Crippen molar-refractivity contribution < 1.29 is 9.90 Å². The van der Waals surface area contributed by atoms with E-state index in [4.69, 9.17) is 5.11 Å². The molecule has 2 fully saturated rings. The van der Waals surface area contributed by atoms with Gasteiger partial charge in [0, 0.05) is 6.54 Å². The van der Waals surface area contributed by atoms with Crippen LogP contribution in [0.5, 0.6) is 0 Å². The molecule has 1 unspecified atom stereocenters. The van der Waals surface area contributed by atoms with Gasteiger partial charge in [-0.1, -0.05) is 0 Å². The Hall–Kier alpha value is -0.610. The predicted molar refractivity (Wildman–Crippen MR) is 71.6 cm³/mol. The maximum absolute atomic E-state index is 10.9. The molecule has 1 atom stereocenters. The molecule has 1 heterocycles. The first kappa shape index (κ1) is 13.8. The van der Waals surface area contributed by atoms with Crippen LogP contribution >= 0.6 is 0 Å². The highest BCUT2D eigenvalue weighted by molar-refractivity contribution is 5.69. The summed E-state index contributed by atoms with van der Waals surface area (Å²) in [6, 6.07) is 0. The average molecular weight is 254 g/mol. The molecular weight excluding hydrogens is 228 g/mol. The highest BCUT2D eigenvalue weighted by Gasteiger charge is 2.26. The highest BCUT2D eigenvalue weighted by Crippen LogP contribution is 2.28. The Kier molecular flexibility index (Phi) is 5.01. The summed E-state index contributed by atoms with van der Waals surface area (Å²) >= 11 is 0. The van der Waals surface area contributed by atoms with Crippen molar-refractivity contribution in [3.63, 3.8) is 0 Å². The second kappa shape index (κ2) is 6.53. The normalized spacial score (nSPS) is 33.7. The number of nitrogens with zero attached hydrogens (tertiary/aromatic N) is 1. The molecule has 4 heteroatoms. The molecule has 1 saturated heterocycles. The van der Waals surface area contributed by atoms with E-state index in [1.165, 1.54) is 19.5 Å². The summed E-state index contributed by atoms with van der Waals surface area (Å²) in [5.74, 6) is 0.824. The third kappa shape index (κ3) is 3.95. The van der Waals surface area contributed by atoms with Crippen LogP contribution in [0.2, 0.25) is 0 Å². The number of rotatable bonds is 5. The van der Waals surface area contributed by atoms with Crippen LogP contribution in [0.3, 0.4) is 0 Å². The summed E-state index contributed by atoms with van der Waals surface area (Å²) in [6.07, 6.45) is 5.21. The van der Waals surface area contributed by atoms with E-state index < -0.39 is 5.97 Å². The van der Waals surface area contributed by atoms with Crippen LogP contribution in [0.25, 0.3) is 0 Å². The van der Waals surface area contributed by atoms with Crippen molar-refractivity contribution in [2.45, 2.75) is 32.1 Å². The molecule has 0 spiro atoms. The molecule has 104 valence electrons. The third-order valence-electron chi connectivity index (χ3n) is 4.55. The first-order valence-electron chi connectivity index (χ1n) is 7.27. The molecule has 1 aliphatic heterocycles. The lowest BCUT2D eigenvalue weighted by atomic mass is 9.82. The summed E-state index contributed by atoms with van der Waals surface area (Å²) in [6.45, 7) is 4.66. The van der Waals surface area contributed by atoms with E-state index >= 15 is 0 Å². The second-order valence-corrected chi connectivity index (χ2v) is 6.13. The number of nitrogens with one attached hydrogen (secondary N) is 1. The first-order valence-corrected chi connectivity index (χ1v) is 7.27. The van der Waals surface area contributed by atoms with Gasteiger partial charge in [-0.05, 0) is 70.6 Å². The van der Waals surface area contributed by atoms with Crippen molar-refractivity contribution >= 4 is 5.97 Å². The van der Waals surface area contributed by atoms with Crippen LogP contribution in [-0.2, 0) is 4.79 Å². The largest absolute Gasteiger partial charge is 0.481 e. The molecule has 1 aliphatic carbocycles. The van der Waals surface area contributed by atoms with Crippen molar-refractivity contribution in [2.24, 2.45) is 17.8 Å². The van der Waals surface area contributed by atoms with Gasteiger partial charge in [-0.2, -0.15) is 0 Å². The Morgan fingerprint density at radius 3 is 2.39 bits per heavy atom. The van der Waals surface area contributed by atoms with Crippen molar-refractivity contribution in [3.8, 4) is 0 Å². The average Bonchev–Trinajstić information content (AvgIpc) is 2.76. The number of carboxylic acid groups (broad SMARTS) is 1. The number of hydrogen-bond acceptors (Lipinski definition) is 3. The molecule has 0 aromatic heterocycles. The molecule has 18 heavy (non-hydrogen) atoms. The van der Waals surface area contributed by atoms with Crippen molar-refractivity contribution in [2.75, 3.05) is 33.2 Å². The Bertz CT molecular complexity index is 275. The van der Waals surface area contributed by atoms with Gasteiger partial charge in [-0.15, -0.1) is 0 Å². The second-order valence-electron chi connectivity index (χ2n) is 6.13. The number of carboxylic acids is 1. The summed E-state index contributed by atoms with van der Waals surface area (Å²) in [5.41, 5.74) is 0. The van der Waals surface area contributed by atoms with Crippen LogP contribution in [0.15, 0.2) is 0 Å². The molecule has 0 aromatic carbocycles. The summed E-state index contributed by atoms with van der Waals surface area (Å²) < 4.78 is 0. The van der Waals surface area contributed by atoms with E-state index in [1.807, 2.05) is 0 Å².